The summed E-state index contributed by atoms with van der Waals surface area (Å²) in [7, 11) is 0. The van der Waals surface area contributed by atoms with Crippen LogP contribution in [0.5, 0.6) is 0 Å². The van der Waals surface area contributed by atoms with Crippen LogP contribution in [0.2, 0.25) is 0 Å². The molecule has 2 aromatic carbocycles. The Morgan fingerprint density at radius 1 is 1.14 bits per heavy atom. The standard InChI is InChI=1S/C21H25N5OS/c1-13(2)17-8-6-7-15(4)20(17)22-19(27)12-28-21-23-24-25-26(21)18-10-9-14(3)11-16(18)5/h6-11,13H,12H2,1-5H3,(H,22,27). The molecule has 28 heavy (non-hydrogen) atoms. The fraction of sp³-hybridized carbons (Fsp3) is 0.333. The number of tetrazole rings is 1. The highest BCUT2D eigenvalue weighted by Crippen LogP contribution is 2.28. The molecule has 3 rings (SSSR count). The first-order valence-corrected chi connectivity index (χ1v) is 10.2. The van der Waals surface area contributed by atoms with E-state index in [4.69, 9.17) is 0 Å². The number of benzene rings is 2. The Balaban J connectivity index is 1.73. The summed E-state index contributed by atoms with van der Waals surface area (Å²) in [5.74, 6) is 0.494. The van der Waals surface area contributed by atoms with Crippen LogP contribution in [0.1, 0.15) is 42.0 Å². The molecule has 1 aromatic heterocycles. The Morgan fingerprint density at radius 2 is 1.93 bits per heavy atom. The molecule has 0 saturated carbocycles. The zero-order valence-electron chi connectivity index (χ0n) is 16.9. The van der Waals surface area contributed by atoms with Crippen molar-refractivity contribution in [2.24, 2.45) is 0 Å². The molecule has 0 radical (unpaired) electrons. The number of nitrogens with one attached hydrogen (secondary N) is 1. The first-order chi connectivity index (χ1) is 13.4. The monoisotopic (exact) mass is 395 g/mol. The van der Waals surface area contributed by atoms with Crippen LogP contribution in [0, 0.1) is 20.8 Å². The minimum atomic E-state index is -0.0728. The van der Waals surface area contributed by atoms with Crippen LogP contribution in [0.4, 0.5) is 5.69 Å². The maximum Gasteiger partial charge on any atom is 0.234 e. The summed E-state index contributed by atoms with van der Waals surface area (Å²) in [6, 6.07) is 12.2. The van der Waals surface area contributed by atoms with Gasteiger partial charge in [-0.15, -0.1) is 5.10 Å². The lowest BCUT2D eigenvalue weighted by Crippen LogP contribution is -2.17. The summed E-state index contributed by atoms with van der Waals surface area (Å²) in [5, 5.41) is 15.6. The quantitative estimate of drug-likeness (QED) is 0.625. The van der Waals surface area contributed by atoms with Gasteiger partial charge in [-0.25, -0.2) is 0 Å². The third-order valence-electron chi connectivity index (χ3n) is 4.55. The summed E-state index contributed by atoms with van der Waals surface area (Å²) in [5.41, 5.74) is 6.28. The van der Waals surface area contributed by atoms with E-state index in [2.05, 4.69) is 46.8 Å². The average Bonchev–Trinajstić information content (AvgIpc) is 3.09. The van der Waals surface area contributed by atoms with E-state index in [1.807, 2.05) is 45.0 Å². The van der Waals surface area contributed by atoms with E-state index < -0.39 is 0 Å². The van der Waals surface area contributed by atoms with Crippen molar-refractivity contribution < 1.29 is 4.79 Å². The summed E-state index contributed by atoms with van der Waals surface area (Å²) >= 11 is 1.32. The van der Waals surface area contributed by atoms with E-state index in [1.165, 1.54) is 17.3 Å². The second-order valence-corrected chi connectivity index (χ2v) is 8.14. The van der Waals surface area contributed by atoms with E-state index in [9.17, 15) is 4.79 Å². The number of aryl methyl sites for hydroxylation is 3. The molecule has 146 valence electrons. The Kier molecular flexibility index (Phi) is 6.14. The van der Waals surface area contributed by atoms with Gasteiger partial charge in [0.15, 0.2) is 0 Å². The summed E-state index contributed by atoms with van der Waals surface area (Å²) in [6.07, 6.45) is 0. The van der Waals surface area contributed by atoms with E-state index in [0.29, 0.717) is 11.1 Å². The van der Waals surface area contributed by atoms with Gasteiger partial charge < -0.3 is 5.32 Å². The molecule has 7 heteroatoms. The lowest BCUT2D eigenvalue weighted by atomic mass is 9.98. The van der Waals surface area contributed by atoms with Gasteiger partial charge >= 0.3 is 0 Å². The van der Waals surface area contributed by atoms with Gasteiger partial charge in [0.1, 0.15) is 0 Å². The molecular formula is C21H25N5OS. The Morgan fingerprint density at radius 3 is 2.64 bits per heavy atom. The molecule has 0 spiro atoms. The molecule has 0 fully saturated rings. The van der Waals surface area contributed by atoms with E-state index >= 15 is 0 Å². The number of nitrogens with zero attached hydrogens (tertiary/aromatic N) is 4. The highest BCUT2D eigenvalue weighted by Gasteiger charge is 2.15. The Hall–Kier alpha value is -2.67. The molecule has 0 unspecified atom stereocenters. The topological polar surface area (TPSA) is 72.7 Å². The number of thioether (sulfide) groups is 1. The van der Waals surface area contributed by atoms with Crippen LogP contribution in [-0.2, 0) is 4.79 Å². The van der Waals surface area contributed by atoms with Crippen LogP contribution in [0.3, 0.4) is 0 Å². The van der Waals surface area contributed by atoms with Crippen molar-refractivity contribution in [2.75, 3.05) is 11.1 Å². The zero-order chi connectivity index (χ0) is 20.3. The maximum absolute atomic E-state index is 12.6. The van der Waals surface area contributed by atoms with E-state index in [1.54, 1.807) is 4.68 Å². The van der Waals surface area contributed by atoms with Gasteiger partial charge in [-0.3, -0.25) is 4.79 Å². The second-order valence-electron chi connectivity index (χ2n) is 7.19. The summed E-state index contributed by atoms with van der Waals surface area (Å²) in [4.78, 5) is 12.6. The second kappa shape index (κ2) is 8.56. The van der Waals surface area contributed by atoms with Gasteiger partial charge in [0, 0.05) is 5.69 Å². The van der Waals surface area contributed by atoms with Gasteiger partial charge in [0.25, 0.3) is 0 Å². The molecular weight excluding hydrogens is 370 g/mol. The third-order valence-corrected chi connectivity index (χ3v) is 5.46. The lowest BCUT2D eigenvalue weighted by molar-refractivity contribution is -0.113. The van der Waals surface area contributed by atoms with Crippen molar-refractivity contribution in [1.82, 2.24) is 20.2 Å². The number of para-hydroxylation sites is 1. The number of hydrogen-bond acceptors (Lipinski definition) is 5. The summed E-state index contributed by atoms with van der Waals surface area (Å²) in [6.45, 7) is 10.3. The number of amides is 1. The van der Waals surface area contributed by atoms with Crippen molar-refractivity contribution in [3.05, 3.63) is 58.7 Å². The lowest BCUT2D eigenvalue weighted by Gasteiger charge is -2.16. The number of carbonyl (C=O) groups is 1. The first-order valence-electron chi connectivity index (χ1n) is 9.25. The predicted octanol–water partition coefficient (Wildman–Crippen LogP) is 4.44. The van der Waals surface area contributed by atoms with Crippen molar-refractivity contribution in [2.45, 2.75) is 45.7 Å². The normalized spacial score (nSPS) is 11.1. The van der Waals surface area contributed by atoms with Crippen LogP contribution in [0.15, 0.2) is 41.6 Å². The van der Waals surface area contributed by atoms with Gasteiger partial charge in [0.2, 0.25) is 11.1 Å². The van der Waals surface area contributed by atoms with Gasteiger partial charge in [-0.1, -0.05) is 61.5 Å². The number of carbonyl (C=O) groups excluding carboxylic acids is 1. The molecule has 1 N–H and O–H groups in total. The minimum Gasteiger partial charge on any atom is -0.325 e. The molecule has 0 saturated heterocycles. The molecule has 6 nitrogen and oxygen atoms in total. The molecule has 0 aliphatic rings. The van der Waals surface area contributed by atoms with Gasteiger partial charge in [-0.2, -0.15) is 4.68 Å². The van der Waals surface area contributed by atoms with Crippen molar-refractivity contribution in [3.63, 3.8) is 0 Å². The SMILES string of the molecule is Cc1ccc(-n2nnnc2SCC(=O)Nc2c(C)cccc2C(C)C)c(C)c1. The molecule has 0 aliphatic heterocycles. The molecule has 0 atom stereocenters. The molecule has 3 aromatic rings. The number of aromatic nitrogens is 4. The van der Waals surface area contributed by atoms with Crippen LogP contribution in [-0.4, -0.2) is 31.9 Å². The molecule has 1 amide bonds. The predicted molar refractivity (Wildman–Crippen MR) is 113 cm³/mol. The number of anilines is 1. The molecule has 0 aliphatic carbocycles. The van der Waals surface area contributed by atoms with Crippen molar-refractivity contribution >= 4 is 23.4 Å². The highest BCUT2D eigenvalue weighted by molar-refractivity contribution is 7.99. The smallest absolute Gasteiger partial charge is 0.234 e. The van der Waals surface area contributed by atoms with E-state index in [-0.39, 0.29) is 11.7 Å². The first kappa shape index (κ1) is 20.1. The van der Waals surface area contributed by atoms with Crippen LogP contribution in [0.25, 0.3) is 5.69 Å². The largest absolute Gasteiger partial charge is 0.325 e. The Labute approximate surface area is 169 Å². The number of rotatable bonds is 6. The maximum atomic E-state index is 12.6. The fourth-order valence-electron chi connectivity index (χ4n) is 3.11. The fourth-order valence-corrected chi connectivity index (χ4v) is 3.79. The average molecular weight is 396 g/mol. The molecule has 0 bridgehead atoms. The van der Waals surface area contributed by atoms with Crippen molar-refractivity contribution in [3.8, 4) is 5.69 Å². The van der Waals surface area contributed by atoms with E-state index in [0.717, 1.165) is 28.1 Å². The van der Waals surface area contributed by atoms with Gasteiger partial charge in [0.05, 0.1) is 11.4 Å². The van der Waals surface area contributed by atoms with Crippen LogP contribution < -0.4 is 5.32 Å². The van der Waals surface area contributed by atoms with Crippen LogP contribution >= 0.6 is 11.8 Å². The number of hydrogen-bond donors (Lipinski definition) is 1. The zero-order valence-corrected chi connectivity index (χ0v) is 17.7. The highest BCUT2D eigenvalue weighted by atomic mass is 32.2. The van der Waals surface area contributed by atoms with Gasteiger partial charge in [-0.05, 0) is 59.9 Å². The third kappa shape index (κ3) is 4.42. The summed E-state index contributed by atoms with van der Waals surface area (Å²) < 4.78 is 1.68. The molecule has 1 heterocycles. The van der Waals surface area contributed by atoms with Crippen molar-refractivity contribution in [1.29, 1.82) is 0 Å². The Bertz CT molecular complexity index is 996. The minimum absolute atomic E-state index is 0.0728.